The van der Waals surface area contributed by atoms with Crippen molar-refractivity contribution in [3.63, 3.8) is 0 Å². The minimum atomic E-state index is -0.704. The minimum Gasteiger partial charge on any atom is -0.452 e. The summed E-state index contributed by atoms with van der Waals surface area (Å²) < 4.78 is 5.16. The fourth-order valence-electron chi connectivity index (χ4n) is 3.21. The van der Waals surface area contributed by atoms with Crippen LogP contribution in [-0.2, 0) is 16.0 Å². The average Bonchev–Trinajstić information content (AvgIpc) is 2.79. The second kappa shape index (κ2) is 10.3. The molecule has 0 unspecified atom stereocenters. The fourth-order valence-corrected chi connectivity index (χ4v) is 3.21. The minimum absolute atomic E-state index is 0.140. The number of amides is 1. The summed E-state index contributed by atoms with van der Waals surface area (Å²) >= 11 is 0. The van der Waals surface area contributed by atoms with Gasteiger partial charge < -0.3 is 10.1 Å². The van der Waals surface area contributed by atoms with Crippen molar-refractivity contribution in [3.05, 3.63) is 106 Å². The van der Waals surface area contributed by atoms with Crippen molar-refractivity contribution in [1.82, 2.24) is 5.32 Å². The Morgan fingerprint density at radius 3 is 2.16 bits per heavy atom. The van der Waals surface area contributed by atoms with E-state index in [-0.39, 0.29) is 22.8 Å². The van der Waals surface area contributed by atoms with E-state index in [9.17, 15) is 14.4 Å². The molecule has 1 N–H and O–H groups in total. The summed E-state index contributed by atoms with van der Waals surface area (Å²) in [5, 5.41) is 2.75. The van der Waals surface area contributed by atoms with Crippen molar-refractivity contribution < 1.29 is 19.1 Å². The molecule has 0 fully saturated rings. The van der Waals surface area contributed by atoms with Gasteiger partial charge >= 0.3 is 5.97 Å². The molecule has 5 heteroatoms. The Morgan fingerprint density at radius 1 is 0.806 bits per heavy atom. The molecule has 3 rings (SSSR count). The van der Waals surface area contributed by atoms with Gasteiger partial charge in [0.2, 0.25) is 0 Å². The van der Waals surface area contributed by atoms with E-state index >= 15 is 0 Å². The van der Waals surface area contributed by atoms with Gasteiger partial charge in [0.15, 0.2) is 12.4 Å². The van der Waals surface area contributed by atoms with Gasteiger partial charge in [-0.3, -0.25) is 9.59 Å². The van der Waals surface area contributed by atoms with Crippen LogP contribution in [-0.4, -0.2) is 30.8 Å². The van der Waals surface area contributed by atoms with E-state index in [4.69, 9.17) is 4.74 Å². The van der Waals surface area contributed by atoms with Gasteiger partial charge in [-0.25, -0.2) is 4.79 Å². The van der Waals surface area contributed by atoms with Crippen LogP contribution in [0, 0.1) is 13.8 Å². The lowest BCUT2D eigenvalue weighted by Gasteiger charge is -2.10. The first-order chi connectivity index (χ1) is 15.0. The Balaban J connectivity index is 1.57. The molecule has 158 valence electrons. The molecule has 3 aromatic rings. The predicted molar refractivity (Wildman–Crippen MR) is 119 cm³/mol. The van der Waals surface area contributed by atoms with Crippen LogP contribution >= 0.6 is 0 Å². The molecular weight excluding hydrogens is 390 g/mol. The van der Waals surface area contributed by atoms with E-state index in [1.807, 2.05) is 50.2 Å². The monoisotopic (exact) mass is 415 g/mol. The number of hydrogen-bond acceptors (Lipinski definition) is 4. The van der Waals surface area contributed by atoms with Crippen molar-refractivity contribution in [2.24, 2.45) is 0 Å². The number of hydrogen-bond donors (Lipinski definition) is 1. The highest BCUT2D eigenvalue weighted by atomic mass is 16.5. The van der Waals surface area contributed by atoms with E-state index in [0.717, 1.165) is 16.7 Å². The molecule has 0 heterocycles. The molecule has 0 aliphatic rings. The van der Waals surface area contributed by atoms with Crippen LogP contribution in [0.15, 0.2) is 72.8 Å². The van der Waals surface area contributed by atoms with E-state index < -0.39 is 12.6 Å². The van der Waals surface area contributed by atoms with Gasteiger partial charge in [0.25, 0.3) is 5.91 Å². The molecule has 0 radical (unpaired) electrons. The normalized spacial score (nSPS) is 10.4. The molecule has 0 aliphatic heterocycles. The summed E-state index contributed by atoms with van der Waals surface area (Å²) in [7, 11) is 0. The predicted octanol–water partition coefficient (Wildman–Crippen LogP) is 4.05. The number of carbonyl (C=O) groups is 3. The summed E-state index contributed by atoms with van der Waals surface area (Å²) in [4.78, 5) is 37.5. The third-order valence-corrected chi connectivity index (χ3v) is 5.02. The highest BCUT2D eigenvalue weighted by molar-refractivity contribution is 6.14. The molecule has 0 atom stereocenters. The number of aryl methyl sites for hydroxylation is 2. The first-order valence-electron chi connectivity index (χ1n) is 10.1. The van der Waals surface area contributed by atoms with Gasteiger partial charge in [-0.2, -0.15) is 0 Å². The quantitative estimate of drug-likeness (QED) is 0.445. The van der Waals surface area contributed by atoms with Crippen LogP contribution in [0.2, 0.25) is 0 Å². The number of esters is 1. The van der Waals surface area contributed by atoms with Gasteiger partial charge in [0, 0.05) is 17.7 Å². The standard InChI is InChI=1S/C26H25NO4/c1-18-11-13-21(14-12-18)25(29)22-9-5-6-10-23(22)26(30)31-17-24(28)27-16-15-20-8-4-3-7-19(20)2/h3-14H,15-17H2,1-2H3,(H,27,28). The maximum absolute atomic E-state index is 12.8. The second-order valence-electron chi connectivity index (χ2n) is 7.34. The third kappa shape index (κ3) is 5.89. The maximum atomic E-state index is 12.8. The lowest BCUT2D eigenvalue weighted by Crippen LogP contribution is -2.30. The van der Waals surface area contributed by atoms with Crippen LogP contribution in [0.3, 0.4) is 0 Å². The fraction of sp³-hybridized carbons (Fsp3) is 0.192. The number of rotatable bonds is 8. The van der Waals surface area contributed by atoms with E-state index in [1.54, 1.807) is 30.3 Å². The Bertz CT molecular complexity index is 1090. The number of carbonyl (C=O) groups excluding carboxylic acids is 3. The van der Waals surface area contributed by atoms with Crippen LogP contribution in [0.25, 0.3) is 0 Å². The largest absolute Gasteiger partial charge is 0.452 e. The number of ether oxygens (including phenoxy) is 1. The van der Waals surface area contributed by atoms with E-state index in [1.165, 1.54) is 6.07 Å². The van der Waals surface area contributed by atoms with Gasteiger partial charge in [-0.15, -0.1) is 0 Å². The molecule has 31 heavy (non-hydrogen) atoms. The number of nitrogens with one attached hydrogen (secondary N) is 1. The molecular formula is C26H25NO4. The molecule has 0 saturated carbocycles. The average molecular weight is 415 g/mol. The van der Waals surface area contributed by atoms with E-state index in [2.05, 4.69) is 5.32 Å². The zero-order valence-electron chi connectivity index (χ0n) is 17.7. The Kier molecular flexibility index (Phi) is 7.33. The van der Waals surface area contributed by atoms with Gasteiger partial charge in [0.1, 0.15) is 0 Å². The SMILES string of the molecule is Cc1ccc(C(=O)c2ccccc2C(=O)OCC(=O)NCCc2ccccc2C)cc1. The zero-order valence-corrected chi connectivity index (χ0v) is 17.7. The van der Waals surface area contributed by atoms with Crippen molar-refractivity contribution in [2.45, 2.75) is 20.3 Å². The summed E-state index contributed by atoms with van der Waals surface area (Å²) in [6.07, 6.45) is 0.695. The summed E-state index contributed by atoms with van der Waals surface area (Å²) in [5.74, 6) is -1.36. The number of benzene rings is 3. The molecule has 0 spiro atoms. The topological polar surface area (TPSA) is 72.5 Å². The summed E-state index contributed by atoms with van der Waals surface area (Å²) in [6.45, 7) is 4.00. The van der Waals surface area contributed by atoms with Crippen LogP contribution in [0.4, 0.5) is 0 Å². The van der Waals surface area contributed by atoms with Gasteiger partial charge in [-0.05, 0) is 37.5 Å². The molecule has 0 aromatic heterocycles. The first kappa shape index (κ1) is 22.0. The van der Waals surface area contributed by atoms with Crippen molar-refractivity contribution in [3.8, 4) is 0 Å². The molecule has 0 saturated heterocycles. The smallest absolute Gasteiger partial charge is 0.339 e. The van der Waals surface area contributed by atoms with Crippen LogP contribution in [0.1, 0.15) is 43.0 Å². The van der Waals surface area contributed by atoms with E-state index in [0.29, 0.717) is 18.5 Å². The lowest BCUT2D eigenvalue weighted by atomic mass is 9.98. The highest BCUT2D eigenvalue weighted by Gasteiger charge is 2.19. The highest BCUT2D eigenvalue weighted by Crippen LogP contribution is 2.16. The Hall–Kier alpha value is -3.73. The van der Waals surface area contributed by atoms with Gasteiger partial charge in [0.05, 0.1) is 5.56 Å². The van der Waals surface area contributed by atoms with Crippen molar-refractivity contribution >= 4 is 17.7 Å². The van der Waals surface area contributed by atoms with Crippen molar-refractivity contribution in [1.29, 1.82) is 0 Å². The summed E-state index contributed by atoms with van der Waals surface area (Å²) in [5.41, 5.74) is 4.23. The zero-order chi connectivity index (χ0) is 22.2. The summed E-state index contributed by atoms with van der Waals surface area (Å²) in [6, 6.07) is 21.6. The lowest BCUT2D eigenvalue weighted by molar-refractivity contribution is -0.124. The molecule has 5 nitrogen and oxygen atoms in total. The Morgan fingerprint density at radius 2 is 1.45 bits per heavy atom. The van der Waals surface area contributed by atoms with Crippen molar-refractivity contribution in [2.75, 3.05) is 13.2 Å². The first-order valence-corrected chi connectivity index (χ1v) is 10.1. The van der Waals surface area contributed by atoms with Crippen LogP contribution < -0.4 is 5.32 Å². The Labute approximate surface area is 182 Å². The third-order valence-electron chi connectivity index (χ3n) is 5.02. The van der Waals surface area contributed by atoms with Gasteiger partial charge in [-0.1, -0.05) is 72.3 Å². The molecule has 1 amide bonds. The second-order valence-corrected chi connectivity index (χ2v) is 7.34. The molecule has 3 aromatic carbocycles. The van der Waals surface area contributed by atoms with Crippen LogP contribution in [0.5, 0.6) is 0 Å². The number of ketones is 1. The molecule has 0 aliphatic carbocycles. The molecule has 0 bridgehead atoms. The maximum Gasteiger partial charge on any atom is 0.339 e.